The Labute approximate surface area is 89.2 Å². The fourth-order valence-electron chi connectivity index (χ4n) is 1.76. The van der Waals surface area contributed by atoms with Crippen LogP contribution < -0.4 is 0 Å². The average Bonchev–Trinajstić information content (AvgIpc) is 2.27. The van der Waals surface area contributed by atoms with Gasteiger partial charge in [-0.05, 0) is 22.9 Å². The van der Waals surface area contributed by atoms with E-state index in [1.54, 1.807) is 6.20 Å². The van der Waals surface area contributed by atoms with Crippen LogP contribution in [0.2, 0.25) is 0 Å². The zero-order valence-corrected chi connectivity index (χ0v) is 8.86. The van der Waals surface area contributed by atoms with Crippen molar-refractivity contribution in [1.82, 2.24) is 4.98 Å². The molecule has 0 aliphatic rings. The van der Waals surface area contributed by atoms with Crippen molar-refractivity contribution in [2.45, 2.75) is 19.8 Å². The van der Waals surface area contributed by atoms with Crippen molar-refractivity contribution in [3.8, 4) is 6.07 Å². The quantitative estimate of drug-likeness (QED) is 0.702. The Morgan fingerprint density at radius 3 is 2.80 bits per heavy atom. The highest BCUT2D eigenvalue weighted by Crippen LogP contribution is 2.25. The molecule has 0 saturated heterocycles. The van der Waals surface area contributed by atoms with E-state index in [0.717, 1.165) is 10.8 Å². The second-order valence-electron chi connectivity index (χ2n) is 3.90. The number of benzene rings is 1. The maximum atomic E-state index is 8.81. The number of hydrogen-bond donors (Lipinski definition) is 0. The molecular formula is C13H12N2. The SMILES string of the molecule is CC(C)c1cccc2cnc(C#N)cc12. The van der Waals surface area contributed by atoms with Crippen molar-refractivity contribution in [3.63, 3.8) is 0 Å². The summed E-state index contributed by atoms with van der Waals surface area (Å²) in [5, 5.41) is 11.0. The first-order valence-electron chi connectivity index (χ1n) is 5.01. The summed E-state index contributed by atoms with van der Waals surface area (Å²) in [7, 11) is 0. The molecule has 0 N–H and O–H groups in total. The third-order valence-corrected chi connectivity index (χ3v) is 2.53. The van der Waals surface area contributed by atoms with Gasteiger partial charge in [0, 0.05) is 11.6 Å². The smallest absolute Gasteiger partial charge is 0.141 e. The minimum atomic E-state index is 0.461. The van der Waals surface area contributed by atoms with Crippen LogP contribution in [0.1, 0.15) is 31.0 Å². The van der Waals surface area contributed by atoms with Gasteiger partial charge in [-0.1, -0.05) is 32.0 Å². The Morgan fingerprint density at radius 1 is 1.33 bits per heavy atom. The molecule has 0 unspecified atom stereocenters. The Balaban J connectivity index is 2.77. The third kappa shape index (κ3) is 1.69. The first-order valence-corrected chi connectivity index (χ1v) is 5.01. The Morgan fingerprint density at radius 2 is 2.13 bits per heavy atom. The fourth-order valence-corrected chi connectivity index (χ4v) is 1.76. The predicted molar refractivity (Wildman–Crippen MR) is 60.5 cm³/mol. The first-order chi connectivity index (χ1) is 7.22. The van der Waals surface area contributed by atoms with Crippen molar-refractivity contribution >= 4 is 10.8 Å². The largest absolute Gasteiger partial charge is 0.245 e. The van der Waals surface area contributed by atoms with Gasteiger partial charge < -0.3 is 0 Å². The van der Waals surface area contributed by atoms with Crippen LogP contribution in [0.3, 0.4) is 0 Å². The number of hydrogen-bond acceptors (Lipinski definition) is 2. The highest BCUT2D eigenvalue weighted by atomic mass is 14.7. The van der Waals surface area contributed by atoms with Gasteiger partial charge in [0.2, 0.25) is 0 Å². The molecular weight excluding hydrogens is 184 g/mol. The molecule has 0 fully saturated rings. The maximum absolute atomic E-state index is 8.81. The van der Waals surface area contributed by atoms with E-state index >= 15 is 0 Å². The van der Waals surface area contributed by atoms with Gasteiger partial charge in [0.15, 0.2) is 0 Å². The minimum Gasteiger partial charge on any atom is -0.245 e. The summed E-state index contributed by atoms with van der Waals surface area (Å²) < 4.78 is 0. The number of nitrogens with zero attached hydrogens (tertiary/aromatic N) is 2. The van der Waals surface area contributed by atoms with Gasteiger partial charge >= 0.3 is 0 Å². The Bertz CT molecular complexity index is 536. The molecule has 0 aliphatic carbocycles. The summed E-state index contributed by atoms with van der Waals surface area (Å²) in [5.41, 5.74) is 1.75. The average molecular weight is 196 g/mol. The van der Waals surface area contributed by atoms with E-state index in [0.29, 0.717) is 11.6 Å². The second kappa shape index (κ2) is 3.70. The fraction of sp³-hybridized carbons (Fsp3) is 0.231. The highest BCUT2D eigenvalue weighted by Gasteiger charge is 2.05. The predicted octanol–water partition coefficient (Wildman–Crippen LogP) is 3.23. The van der Waals surface area contributed by atoms with E-state index in [1.165, 1.54) is 5.56 Å². The normalized spacial score (nSPS) is 10.5. The molecule has 2 heteroatoms. The Hall–Kier alpha value is -1.88. The van der Waals surface area contributed by atoms with E-state index in [2.05, 4.69) is 31.0 Å². The number of fused-ring (bicyclic) bond motifs is 1. The van der Waals surface area contributed by atoms with Gasteiger partial charge in [-0.2, -0.15) is 5.26 Å². The number of aromatic nitrogens is 1. The first kappa shape index (κ1) is 9.67. The summed E-state index contributed by atoms with van der Waals surface area (Å²) in [4.78, 5) is 4.06. The molecule has 0 saturated carbocycles. The number of pyridine rings is 1. The molecule has 0 radical (unpaired) electrons. The van der Waals surface area contributed by atoms with Gasteiger partial charge in [0.1, 0.15) is 11.8 Å². The van der Waals surface area contributed by atoms with Gasteiger partial charge in [-0.3, -0.25) is 0 Å². The molecule has 2 nitrogen and oxygen atoms in total. The van der Waals surface area contributed by atoms with Crippen LogP contribution in [0.4, 0.5) is 0 Å². The molecule has 0 spiro atoms. The van der Waals surface area contributed by atoms with Crippen LogP contribution >= 0.6 is 0 Å². The summed E-state index contributed by atoms with van der Waals surface area (Å²) >= 11 is 0. The van der Waals surface area contributed by atoms with Crippen LogP contribution in [0.25, 0.3) is 10.8 Å². The van der Waals surface area contributed by atoms with Gasteiger partial charge in [0.25, 0.3) is 0 Å². The van der Waals surface area contributed by atoms with Crippen LogP contribution in [0.15, 0.2) is 30.5 Å². The zero-order chi connectivity index (χ0) is 10.8. The zero-order valence-electron chi connectivity index (χ0n) is 8.86. The number of rotatable bonds is 1. The standard InChI is InChI=1S/C13H12N2/c1-9(2)12-5-3-4-10-8-15-11(7-14)6-13(10)12/h3-6,8-9H,1-2H3. The summed E-state index contributed by atoms with van der Waals surface area (Å²) in [6.45, 7) is 4.31. The molecule has 1 aromatic heterocycles. The summed E-state index contributed by atoms with van der Waals surface area (Å²) in [6.07, 6.45) is 1.76. The highest BCUT2D eigenvalue weighted by molar-refractivity contribution is 5.86. The molecule has 1 heterocycles. The lowest BCUT2D eigenvalue weighted by Crippen LogP contribution is -1.91. The molecule has 2 rings (SSSR count). The van der Waals surface area contributed by atoms with Crippen molar-refractivity contribution < 1.29 is 0 Å². The third-order valence-electron chi connectivity index (χ3n) is 2.53. The maximum Gasteiger partial charge on any atom is 0.141 e. The van der Waals surface area contributed by atoms with Crippen molar-refractivity contribution in [2.24, 2.45) is 0 Å². The van der Waals surface area contributed by atoms with E-state index in [-0.39, 0.29) is 0 Å². The number of nitriles is 1. The molecule has 0 aliphatic heterocycles. The molecule has 0 bridgehead atoms. The van der Waals surface area contributed by atoms with Crippen LogP contribution in [0, 0.1) is 11.3 Å². The van der Waals surface area contributed by atoms with E-state index in [4.69, 9.17) is 5.26 Å². The molecule has 15 heavy (non-hydrogen) atoms. The van der Waals surface area contributed by atoms with Crippen LogP contribution in [-0.2, 0) is 0 Å². The lowest BCUT2D eigenvalue weighted by atomic mass is 9.97. The van der Waals surface area contributed by atoms with Gasteiger partial charge in [0.05, 0.1) is 0 Å². The van der Waals surface area contributed by atoms with E-state index in [9.17, 15) is 0 Å². The minimum absolute atomic E-state index is 0.461. The van der Waals surface area contributed by atoms with Crippen molar-refractivity contribution in [3.05, 3.63) is 41.7 Å². The molecule has 1 aromatic carbocycles. The lowest BCUT2D eigenvalue weighted by Gasteiger charge is -2.09. The second-order valence-corrected chi connectivity index (χ2v) is 3.90. The Kier molecular flexibility index (Phi) is 2.39. The monoisotopic (exact) mass is 196 g/mol. The molecule has 2 aromatic rings. The topological polar surface area (TPSA) is 36.7 Å². The molecule has 0 atom stereocenters. The van der Waals surface area contributed by atoms with Crippen molar-refractivity contribution in [1.29, 1.82) is 5.26 Å². The van der Waals surface area contributed by atoms with E-state index < -0.39 is 0 Å². The van der Waals surface area contributed by atoms with Crippen LogP contribution in [-0.4, -0.2) is 4.98 Å². The lowest BCUT2D eigenvalue weighted by molar-refractivity contribution is 0.876. The van der Waals surface area contributed by atoms with Gasteiger partial charge in [-0.15, -0.1) is 0 Å². The molecule has 0 amide bonds. The van der Waals surface area contributed by atoms with Gasteiger partial charge in [-0.25, -0.2) is 4.98 Å². The molecule has 74 valence electrons. The van der Waals surface area contributed by atoms with Crippen LogP contribution in [0.5, 0.6) is 0 Å². The van der Waals surface area contributed by atoms with E-state index in [1.807, 2.05) is 18.2 Å². The summed E-state index contributed by atoms with van der Waals surface area (Å²) in [6, 6.07) is 10.1. The van der Waals surface area contributed by atoms with Crippen molar-refractivity contribution in [2.75, 3.05) is 0 Å². The summed E-state index contributed by atoms with van der Waals surface area (Å²) in [5.74, 6) is 0.461.